The van der Waals surface area contributed by atoms with E-state index in [2.05, 4.69) is 15.3 Å². The second kappa shape index (κ2) is 8.33. The Labute approximate surface area is 189 Å². The zero-order chi connectivity index (χ0) is 23.0. The third kappa shape index (κ3) is 4.22. The summed E-state index contributed by atoms with van der Waals surface area (Å²) in [7, 11) is 0. The van der Waals surface area contributed by atoms with Crippen LogP contribution in [0.1, 0.15) is 20.8 Å². The topological polar surface area (TPSA) is 80.0 Å². The van der Waals surface area contributed by atoms with Crippen LogP contribution in [0.15, 0.2) is 65.6 Å². The maximum atomic E-state index is 13.6. The van der Waals surface area contributed by atoms with Crippen LogP contribution in [0.25, 0.3) is 27.8 Å². The second-order valence-corrected chi connectivity index (χ2v) is 8.55. The number of pyridine rings is 1. The van der Waals surface area contributed by atoms with E-state index in [1.165, 1.54) is 28.8 Å². The largest absolute Gasteiger partial charge is 0.388 e. The summed E-state index contributed by atoms with van der Waals surface area (Å²) in [6.45, 7) is 5.16. The monoisotopic (exact) mass is 452 g/mol. The third-order valence-electron chi connectivity index (χ3n) is 5.40. The highest BCUT2D eigenvalue weighted by Gasteiger charge is 2.23. The number of halogens is 2. The first kappa shape index (κ1) is 21.9. The lowest BCUT2D eigenvalue weighted by atomic mass is 10.0. The smallest absolute Gasteiger partial charge is 0.264 e. The maximum absolute atomic E-state index is 13.6. The van der Waals surface area contributed by atoms with Crippen molar-refractivity contribution >= 4 is 28.6 Å². The maximum Gasteiger partial charge on any atom is 0.264 e. The predicted molar refractivity (Wildman–Crippen MR) is 125 cm³/mol. The lowest BCUT2D eigenvalue weighted by Gasteiger charge is -2.26. The van der Waals surface area contributed by atoms with Gasteiger partial charge in [0, 0.05) is 27.7 Å². The van der Waals surface area contributed by atoms with Crippen molar-refractivity contribution in [1.82, 2.24) is 14.5 Å². The fraction of sp³-hybridized carbons (Fsp3) is 0.208. The molecular formula is C24H22ClFN4O2. The molecule has 0 unspecified atom stereocenters. The van der Waals surface area contributed by atoms with E-state index in [4.69, 9.17) is 11.6 Å². The molecule has 1 atom stereocenters. The highest BCUT2D eigenvalue weighted by atomic mass is 35.5. The van der Waals surface area contributed by atoms with Crippen LogP contribution in [0.5, 0.6) is 0 Å². The minimum atomic E-state index is -1.01. The SMILES string of the molecule is C[C@H](Nc1ncc2cc(-c3ccccc3Cl)c(=O)n(-c3ccc(F)cc3)c2n1)C(C)(C)O. The summed E-state index contributed by atoms with van der Waals surface area (Å²) in [4.78, 5) is 22.5. The Hall–Kier alpha value is -3.29. The number of fused-ring (bicyclic) bond motifs is 1. The van der Waals surface area contributed by atoms with Crippen molar-refractivity contribution in [2.45, 2.75) is 32.4 Å². The van der Waals surface area contributed by atoms with Gasteiger partial charge in [-0.2, -0.15) is 4.98 Å². The van der Waals surface area contributed by atoms with Crippen LogP contribution in [0, 0.1) is 5.82 Å². The van der Waals surface area contributed by atoms with Crippen LogP contribution < -0.4 is 10.9 Å². The summed E-state index contributed by atoms with van der Waals surface area (Å²) < 4.78 is 15.0. The van der Waals surface area contributed by atoms with E-state index in [0.29, 0.717) is 32.9 Å². The number of nitrogens with zero attached hydrogens (tertiary/aromatic N) is 3. The Morgan fingerprint density at radius 3 is 2.47 bits per heavy atom. The Balaban J connectivity index is 1.98. The van der Waals surface area contributed by atoms with Gasteiger partial charge in [0.15, 0.2) is 5.65 Å². The number of hydrogen-bond donors (Lipinski definition) is 2. The summed E-state index contributed by atoms with van der Waals surface area (Å²) in [6.07, 6.45) is 1.60. The molecule has 0 aliphatic heterocycles. The van der Waals surface area contributed by atoms with Crippen molar-refractivity contribution in [2.75, 3.05) is 5.32 Å². The molecule has 8 heteroatoms. The molecule has 2 aromatic carbocycles. The van der Waals surface area contributed by atoms with Gasteiger partial charge in [-0.15, -0.1) is 0 Å². The average molecular weight is 453 g/mol. The molecule has 0 radical (unpaired) electrons. The van der Waals surface area contributed by atoms with Crippen LogP contribution in [0.3, 0.4) is 0 Å². The second-order valence-electron chi connectivity index (χ2n) is 8.15. The molecule has 0 aliphatic rings. The standard InChI is InChI=1S/C24H22ClFN4O2/c1-14(24(2,3)32)28-23-27-13-15-12-19(18-6-4-5-7-20(18)25)22(31)30(21(15)29-23)17-10-8-16(26)9-11-17/h4-14,32H,1-3H3,(H,27,28,29)/t14-/m0/s1. The first-order valence-electron chi connectivity index (χ1n) is 10.1. The van der Waals surface area contributed by atoms with Gasteiger partial charge in [0.25, 0.3) is 5.56 Å². The van der Waals surface area contributed by atoms with E-state index in [0.717, 1.165) is 0 Å². The molecule has 6 nitrogen and oxygen atoms in total. The van der Waals surface area contributed by atoms with E-state index in [1.807, 2.05) is 0 Å². The summed E-state index contributed by atoms with van der Waals surface area (Å²) >= 11 is 6.36. The molecule has 0 fully saturated rings. The zero-order valence-electron chi connectivity index (χ0n) is 17.8. The number of hydrogen-bond acceptors (Lipinski definition) is 5. The van der Waals surface area contributed by atoms with Crippen LogP contribution in [0.2, 0.25) is 5.02 Å². The van der Waals surface area contributed by atoms with Crippen LogP contribution >= 0.6 is 11.6 Å². The first-order chi connectivity index (χ1) is 15.1. The van der Waals surface area contributed by atoms with E-state index < -0.39 is 11.4 Å². The van der Waals surface area contributed by atoms with E-state index in [-0.39, 0.29) is 17.5 Å². The molecule has 32 heavy (non-hydrogen) atoms. The Kier molecular flexibility index (Phi) is 5.71. The zero-order valence-corrected chi connectivity index (χ0v) is 18.6. The molecule has 0 saturated carbocycles. The van der Waals surface area contributed by atoms with Gasteiger partial charge in [-0.25, -0.2) is 9.37 Å². The molecule has 2 N–H and O–H groups in total. The summed E-state index contributed by atoms with van der Waals surface area (Å²) in [5.74, 6) is -0.155. The Bertz CT molecular complexity index is 1350. The molecule has 0 saturated heterocycles. The first-order valence-corrected chi connectivity index (χ1v) is 10.5. The van der Waals surface area contributed by atoms with E-state index >= 15 is 0 Å². The molecule has 4 aromatic rings. The van der Waals surface area contributed by atoms with Crippen molar-refractivity contribution in [1.29, 1.82) is 0 Å². The molecule has 4 rings (SSSR count). The van der Waals surface area contributed by atoms with Crippen molar-refractivity contribution in [3.63, 3.8) is 0 Å². The van der Waals surface area contributed by atoms with Gasteiger partial charge in [0.05, 0.1) is 17.3 Å². The van der Waals surface area contributed by atoms with Crippen LogP contribution in [-0.2, 0) is 0 Å². The molecule has 0 aliphatic carbocycles. The summed E-state index contributed by atoms with van der Waals surface area (Å²) in [5, 5.41) is 14.3. The number of nitrogens with one attached hydrogen (secondary N) is 1. The summed E-state index contributed by atoms with van der Waals surface area (Å²) in [5.41, 5.74) is 0.394. The van der Waals surface area contributed by atoms with Gasteiger partial charge in [0.1, 0.15) is 5.82 Å². The van der Waals surface area contributed by atoms with Gasteiger partial charge < -0.3 is 10.4 Å². The van der Waals surface area contributed by atoms with Gasteiger partial charge in [-0.1, -0.05) is 29.8 Å². The van der Waals surface area contributed by atoms with Gasteiger partial charge in [-0.3, -0.25) is 9.36 Å². The van der Waals surface area contributed by atoms with Crippen LogP contribution in [0.4, 0.5) is 10.3 Å². The fourth-order valence-electron chi connectivity index (χ4n) is 3.24. The van der Waals surface area contributed by atoms with Crippen LogP contribution in [-0.4, -0.2) is 31.3 Å². The predicted octanol–water partition coefficient (Wildman–Crippen LogP) is 4.81. The van der Waals surface area contributed by atoms with Crippen molar-refractivity contribution < 1.29 is 9.50 Å². The number of aliphatic hydroxyl groups is 1. The highest BCUT2D eigenvalue weighted by molar-refractivity contribution is 6.33. The number of rotatable bonds is 5. The molecule has 2 heterocycles. The lowest BCUT2D eigenvalue weighted by Crippen LogP contribution is -2.39. The van der Waals surface area contributed by atoms with Gasteiger partial charge in [-0.05, 0) is 57.2 Å². The van der Waals surface area contributed by atoms with Gasteiger partial charge >= 0.3 is 0 Å². The number of aromatic nitrogens is 3. The third-order valence-corrected chi connectivity index (χ3v) is 5.72. The summed E-state index contributed by atoms with van der Waals surface area (Å²) in [6, 6.07) is 14.0. The number of anilines is 1. The molecule has 2 aromatic heterocycles. The minimum absolute atomic E-state index is 0.257. The molecule has 0 amide bonds. The highest BCUT2D eigenvalue weighted by Crippen LogP contribution is 2.28. The normalized spacial score (nSPS) is 12.7. The number of benzene rings is 2. The van der Waals surface area contributed by atoms with E-state index in [9.17, 15) is 14.3 Å². The molecule has 0 bridgehead atoms. The Morgan fingerprint density at radius 2 is 1.81 bits per heavy atom. The Morgan fingerprint density at radius 1 is 1.12 bits per heavy atom. The fourth-order valence-corrected chi connectivity index (χ4v) is 3.48. The lowest BCUT2D eigenvalue weighted by molar-refractivity contribution is 0.0646. The average Bonchev–Trinajstić information content (AvgIpc) is 2.74. The molecular weight excluding hydrogens is 431 g/mol. The quantitative estimate of drug-likeness (QED) is 0.454. The van der Waals surface area contributed by atoms with Crippen molar-refractivity contribution in [3.05, 3.63) is 82.0 Å². The van der Waals surface area contributed by atoms with Gasteiger partial charge in [0.2, 0.25) is 5.95 Å². The molecule has 0 spiro atoms. The van der Waals surface area contributed by atoms with Crippen molar-refractivity contribution in [2.24, 2.45) is 0 Å². The minimum Gasteiger partial charge on any atom is -0.388 e. The molecule has 164 valence electrons. The van der Waals surface area contributed by atoms with E-state index in [1.54, 1.807) is 57.3 Å². The van der Waals surface area contributed by atoms with Crippen molar-refractivity contribution in [3.8, 4) is 16.8 Å².